The molecule has 5 rings (SSSR count). The summed E-state index contributed by atoms with van der Waals surface area (Å²) in [6.07, 6.45) is 5.21. The number of Topliss-reactive ketones (excluding diaryl/α,β-unsaturated/α-hetero) is 1. The maximum Gasteiger partial charge on any atom is 0.162 e. The van der Waals surface area contributed by atoms with Crippen LogP contribution in [0.2, 0.25) is 0 Å². The Bertz CT molecular complexity index is 1600. The molecule has 194 valence electrons. The Hall–Kier alpha value is -4.32. The smallest absolute Gasteiger partial charge is 0.162 e. The van der Waals surface area contributed by atoms with Crippen LogP contribution in [-0.4, -0.2) is 32.3 Å². The second-order valence-corrected chi connectivity index (χ2v) is 10.9. The number of anilines is 2. The van der Waals surface area contributed by atoms with Gasteiger partial charge in [-0.05, 0) is 55.0 Å². The number of rotatable bonds is 8. The number of fused-ring (bicyclic) bond motifs is 1. The summed E-state index contributed by atoms with van der Waals surface area (Å²) in [5, 5.41) is 25.6. The van der Waals surface area contributed by atoms with Crippen molar-refractivity contribution in [3.63, 3.8) is 0 Å². The summed E-state index contributed by atoms with van der Waals surface area (Å²) in [4.78, 5) is 17.2. The standard InChI is InChI=1S/C29H30FN7O/c1-17(38)23-11-21(12-24-26(33-16-29(2,3)4)19(13-31)14-32-28(23)24)34-27(18-5-7-20(30)8-6-18)25-15-37(36-35-25)22-9-10-22/h5-8,11-12,14-15,22,27,34H,9-10,16H2,1-4H3,(H,32,33)/t27-/m0/s1/i27D. The van der Waals surface area contributed by atoms with Gasteiger partial charge in [0.1, 0.15) is 17.6 Å². The van der Waals surface area contributed by atoms with Crippen LogP contribution in [0.4, 0.5) is 15.8 Å². The molecule has 8 nitrogen and oxygen atoms in total. The van der Waals surface area contributed by atoms with Gasteiger partial charge in [0.25, 0.3) is 0 Å². The number of carbonyl (C=O) groups is 1. The van der Waals surface area contributed by atoms with Crippen LogP contribution in [0.1, 0.15) is 81.1 Å². The molecule has 38 heavy (non-hydrogen) atoms. The van der Waals surface area contributed by atoms with Crippen molar-refractivity contribution in [2.75, 3.05) is 17.2 Å². The monoisotopic (exact) mass is 512 g/mol. The highest BCUT2D eigenvalue weighted by Gasteiger charge is 2.27. The van der Waals surface area contributed by atoms with E-state index in [9.17, 15) is 15.8 Å². The molecule has 0 spiro atoms. The number of hydrogen-bond donors (Lipinski definition) is 2. The first-order valence-electron chi connectivity index (χ1n) is 13.1. The van der Waals surface area contributed by atoms with E-state index in [4.69, 9.17) is 0 Å². The molecular formula is C29H30FN7O. The van der Waals surface area contributed by atoms with Crippen molar-refractivity contribution in [1.29, 1.82) is 5.26 Å². The average molecular weight is 513 g/mol. The van der Waals surface area contributed by atoms with E-state index in [-0.39, 0.29) is 17.2 Å². The first kappa shape index (κ1) is 24.0. The third-order valence-electron chi connectivity index (χ3n) is 6.36. The molecule has 1 atom stereocenters. The Kier molecular flexibility index (Phi) is 6.24. The summed E-state index contributed by atoms with van der Waals surface area (Å²) in [6, 6.07) is 9.89. The maximum absolute atomic E-state index is 13.8. The van der Waals surface area contributed by atoms with Crippen LogP contribution in [0.15, 0.2) is 48.8 Å². The molecule has 0 bridgehead atoms. The Labute approximate surface area is 222 Å². The van der Waals surface area contributed by atoms with Crippen LogP contribution in [-0.2, 0) is 0 Å². The third-order valence-corrected chi connectivity index (χ3v) is 6.36. The van der Waals surface area contributed by atoms with E-state index in [1.165, 1.54) is 37.4 Å². The van der Waals surface area contributed by atoms with Crippen molar-refractivity contribution in [3.05, 3.63) is 77.0 Å². The minimum absolute atomic E-state index is 0.0755. The normalized spacial score (nSPS) is 15.4. The molecule has 0 radical (unpaired) electrons. The SMILES string of the molecule is [2H][C@](Nc1cc(C(C)=O)c2ncc(C#N)c(NCC(C)(C)C)c2c1)(c1ccc(F)cc1)c1cn(C2CC2)nn1. The Balaban J connectivity index is 1.67. The molecule has 9 heteroatoms. The number of halogens is 1. The summed E-state index contributed by atoms with van der Waals surface area (Å²) < 4.78 is 25.1. The van der Waals surface area contributed by atoms with Crippen LogP contribution < -0.4 is 10.6 Å². The summed E-state index contributed by atoms with van der Waals surface area (Å²) in [7, 11) is 0. The minimum atomic E-state index is -1.65. The molecule has 0 amide bonds. The Morgan fingerprint density at radius 1 is 1.29 bits per heavy atom. The van der Waals surface area contributed by atoms with Gasteiger partial charge in [0.2, 0.25) is 0 Å². The molecule has 2 aromatic heterocycles. The summed E-state index contributed by atoms with van der Waals surface area (Å²) >= 11 is 0. The number of aromatic nitrogens is 4. The molecule has 1 aliphatic rings. The van der Waals surface area contributed by atoms with E-state index in [2.05, 4.69) is 52.8 Å². The predicted octanol–water partition coefficient (Wildman–Crippen LogP) is 6.03. The molecule has 1 aliphatic carbocycles. The first-order valence-corrected chi connectivity index (χ1v) is 12.6. The fourth-order valence-electron chi connectivity index (χ4n) is 4.23. The molecule has 0 saturated heterocycles. The van der Waals surface area contributed by atoms with Gasteiger partial charge < -0.3 is 10.6 Å². The highest BCUT2D eigenvalue weighted by Crippen LogP contribution is 2.36. The molecule has 2 aromatic carbocycles. The Morgan fingerprint density at radius 3 is 2.66 bits per heavy atom. The average Bonchev–Trinajstić information content (AvgIpc) is 3.62. The van der Waals surface area contributed by atoms with Gasteiger partial charge in [-0.1, -0.05) is 38.1 Å². The van der Waals surface area contributed by atoms with Crippen molar-refractivity contribution >= 4 is 28.1 Å². The van der Waals surface area contributed by atoms with Crippen LogP contribution in [0, 0.1) is 22.6 Å². The van der Waals surface area contributed by atoms with Crippen molar-refractivity contribution in [3.8, 4) is 6.07 Å². The van der Waals surface area contributed by atoms with E-state index >= 15 is 0 Å². The minimum Gasteiger partial charge on any atom is -0.383 e. The zero-order chi connectivity index (χ0) is 27.9. The van der Waals surface area contributed by atoms with Crippen LogP contribution in [0.3, 0.4) is 0 Å². The number of nitrogens with zero attached hydrogens (tertiary/aromatic N) is 5. The number of hydrogen-bond acceptors (Lipinski definition) is 7. The lowest BCUT2D eigenvalue weighted by Gasteiger charge is -2.23. The van der Waals surface area contributed by atoms with Gasteiger partial charge in [-0.2, -0.15) is 5.26 Å². The van der Waals surface area contributed by atoms with Crippen LogP contribution in [0.25, 0.3) is 10.9 Å². The molecule has 1 saturated carbocycles. The topological polar surface area (TPSA) is 109 Å². The lowest BCUT2D eigenvalue weighted by molar-refractivity contribution is 0.101. The lowest BCUT2D eigenvalue weighted by atomic mass is 9.96. The fraction of sp³-hybridized carbons (Fsp3) is 0.345. The number of benzene rings is 2. The third kappa shape index (κ3) is 5.35. The van der Waals surface area contributed by atoms with Gasteiger partial charge in [0.15, 0.2) is 5.78 Å². The second kappa shape index (κ2) is 9.86. The van der Waals surface area contributed by atoms with Crippen molar-refractivity contribution in [1.82, 2.24) is 20.0 Å². The largest absolute Gasteiger partial charge is 0.383 e. The number of pyridine rings is 1. The molecule has 1 fully saturated rings. The number of nitriles is 1. The van der Waals surface area contributed by atoms with E-state index in [1.54, 1.807) is 23.0 Å². The molecule has 2 heterocycles. The van der Waals surface area contributed by atoms with Gasteiger partial charge in [0, 0.05) is 29.4 Å². The molecule has 2 N–H and O–H groups in total. The number of nitrogens with one attached hydrogen (secondary N) is 2. The van der Waals surface area contributed by atoms with E-state index in [0.29, 0.717) is 51.2 Å². The van der Waals surface area contributed by atoms with Gasteiger partial charge in [-0.15, -0.1) is 5.10 Å². The van der Waals surface area contributed by atoms with Crippen molar-refractivity contribution < 1.29 is 10.6 Å². The van der Waals surface area contributed by atoms with E-state index < -0.39 is 11.8 Å². The summed E-state index contributed by atoms with van der Waals surface area (Å²) in [6.45, 7) is 8.27. The Morgan fingerprint density at radius 2 is 2.03 bits per heavy atom. The fourth-order valence-corrected chi connectivity index (χ4v) is 4.23. The van der Waals surface area contributed by atoms with Crippen LogP contribution >= 0.6 is 0 Å². The highest BCUT2D eigenvalue weighted by molar-refractivity contribution is 6.10. The molecule has 4 aromatic rings. The lowest BCUT2D eigenvalue weighted by Crippen LogP contribution is -2.20. The first-order chi connectivity index (χ1) is 18.5. The van der Waals surface area contributed by atoms with Gasteiger partial charge in [-0.25, -0.2) is 9.07 Å². The van der Waals surface area contributed by atoms with Crippen molar-refractivity contribution in [2.45, 2.75) is 52.6 Å². The van der Waals surface area contributed by atoms with Gasteiger partial charge >= 0.3 is 0 Å². The second-order valence-electron chi connectivity index (χ2n) is 10.9. The summed E-state index contributed by atoms with van der Waals surface area (Å²) in [5.41, 5.74) is 2.88. The number of ketones is 1. The van der Waals surface area contributed by atoms with Crippen molar-refractivity contribution in [2.24, 2.45) is 5.41 Å². The summed E-state index contributed by atoms with van der Waals surface area (Å²) in [5.74, 6) is -0.628. The van der Waals surface area contributed by atoms with Crippen LogP contribution in [0.5, 0.6) is 0 Å². The van der Waals surface area contributed by atoms with Gasteiger partial charge in [0.05, 0.1) is 36.4 Å². The maximum atomic E-state index is 13.8. The van der Waals surface area contributed by atoms with E-state index in [1.807, 2.05) is 0 Å². The molecule has 0 aliphatic heterocycles. The molecular weight excluding hydrogens is 481 g/mol. The predicted molar refractivity (Wildman–Crippen MR) is 145 cm³/mol. The quantitative estimate of drug-likeness (QED) is 0.277. The highest BCUT2D eigenvalue weighted by atomic mass is 19.1. The van der Waals surface area contributed by atoms with Gasteiger partial charge in [-0.3, -0.25) is 9.78 Å². The zero-order valence-electron chi connectivity index (χ0n) is 22.8. The molecule has 0 unspecified atom stereocenters. The van der Waals surface area contributed by atoms with E-state index in [0.717, 1.165) is 12.8 Å². The zero-order valence-corrected chi connectivity index (χ0v) is 21.8. The number of carbonyl (C=O) groups excluding carboxylic acids is 1.